The number of hydrogen-bond donors (Lipinski definition) is 1. The second kappa shape index (κ2) is 10.1. The maximum atomic E-state index is 12.3. The van der Waals surface area contributed by atoms with Crippen LogP contribution in [0, 0.1) is 10.1 Å². The molecule has 0 saturated carbocycles. The zero-order chi connectivity index (χ0) is 21.4. The van der Waals surface area contributed by atoms with E-state index in [4.69, 9.17) is 14.2 Å². The number of rotatable bonds is 9. The molecule has 0 heterocycles. The molecule has 9 nitrogen and oxygen atoms in total. The number of aryl methyl sites for hydroxylation is 1. The van der Waals surface area contributed by atoms with Gasteiger partial charge in [0.2, 0.25) is 0 Å². The Morgan fingerprint density at radius 3 is 2.45 bits per heavy atom. The summed E-state index contributed by atoms with van der Waals surface area (Å²) in [4.78, 5) is 34.5. The molecule has 2 rings (SSSR count). The molecule has 0 unspecified atom stereocenters. The van der Waals surface area contributed by atoms with Crippen molar-refractivity contribution < 1.29 is 28.7 Å². The smallest absolute Gasteiger partial charge is 0.344 e. The van der Waals surface area contributed by atoms with Gasteiger partial charge in [-0.2, -0.15) is 0 Å². The number of nitro benzene ring substituents is 1. The molecule has 0 bridgehead atoms. The van der Waals surface area contributed by atoms with Crippen molar-refractivity contribution in [2.24, 2.45) is 0 Å². The van der Waals surface area contributed by atoms with Gasteiger partial charge in [-0.15, -0.1) is 0 Å². The monoisotopic (exact) mass is 402 g/mol. The number of ether oxygens (including phenoxy) is 3. The number of nitrogens with zero attached hydrogens (tertiary/aromatic N) is 1. The molecule has 1 N–H and O–H groups in total. The van der Waals surface area contributed by atoms with Gasteiger partial charge in [-0.05, 0) is 37.1 Å². The van der Waals surface area contributed by atoms with Crippen LogP contribution in [0.25, 0.3) is 0 Å². The molecule has 0 radical (unpaired) electrons. The molecule has 154 valence electrons. The number of carbonyl (C=O) groups is 2. The first-order chi connectivity index (χ1) is 13.8. The van der Waals surface area contributed by atoms with Crippen LogP contribution in [0.2, 0.25) is 0 Å². The fraction of sp³-hybridized carbons (Fsp3) is 0.300. The predicted molar refractivity (Wildman–Crippen MR) is 105 cm³/mol. The van der Waals surface area contributed by atoms with Crippen LogP contribution in [0.3, 0.4) is 0 Å². The van der Waals surface area contributed by atoms with Gasteiger partial charge < -0.3 is 19.5 Å². The number of hydrogen-bond acceptors (Lipinski definition) is 7. The van der Waals surface area contributed by atoms with Gasteiger partial charge in [0.25, 0.3) is 11.6 Å². The van der Waals surface area contributed by atoms with Crippen molar-refractivity contribution in [3.63, 3.8) is 0 Å². The Balaban J connectivity index is 1.91. The summed E-state index contributed by atoms with van der Waals surface area (Å²) in [6.07, 6.45) is -0.248. The summed E-state index contributed by atoms with van der Waals surface area (Å²) in [5, 5.41) is 13.4. The maximum Gasteiger partial charge on any atom is 0.344 e. The van der Waals surface area contributed by atoms with Gasteiger partial charge in [-0.3, -0.25) is 14.9 Å². The molecule has 2 aromatic rings. The Labute approximate surface area is 167 Å². The number of anilines is 1. The minimum atomic E-state index is -1.14. The van der Waals surface area contributed by atoms with Crippen LogP contribution in [0.4, 0.5) is 11.4 Å². The highest BCUT2D eigenvalue weighted by molar-refractivity contribution is 5.96. The van der Waals surface area contributed by atoms with Crippen LogP contribution < -0.4 is 14.8 Å². The molecular weight excluding hydrogens is 380 g/mol. The van der Waals surface area contributed by atoms with Crippen molar-refractivity contribution in [2.75, 3.05) is 19.0 Å². The highest BCUT2D eigenvalue weighted by Crippen LogP contribution is 2.29. The van der Waals surface area contributed by atoms with Crippen molar-refractivity contribution in [1.82, 2.24) is 0 Å². The summed E-state index contributed by atoms with van der Waals surface area (Å²) < 4.78 is 15.5. The second-order valence-electron chi connectivity index (χ2n) is 6.05. The van der Waals surface area contributed by atoms with E-state index in [1.165, 1.54) is 26.2 Å². The van der Waals surface area contributed by atoms with Crippen LogP contribution in [-0.2, 0) is 20.7 Å². The molecule has 0 saturated heterocycles. The van der Waals surface area contributed by atoms with E-state index in [0.29, 0.717) is 5.75 Å². The lowest BCUT2D eigenvalue weighted by atomic mass is 10.2. The van der Waals surface area contributed by atoms with Crippen LogP contribution in [0.1, 0.15) is 19.4 Å². The van der Waals surface area contributed by atoms with E-state index in [1.54, 1.807) is 12.1 Å². The summed E-state index contributed by atoms with van der Waals surface area (Å²) in [6, 6.07) is 11.1. The van der Waals surface area contributed by atoms with Gasteiger partial charge in [0, 0.05) is 12.1 Å². The lowest BCUT2D eigenvalue weighted by molar-refractivity contribution is -0.384. The van der Waals surface area contributed by atoms with E-state index in [-0.39, 0.29) is 23.7 Å². The molecule has 1 amide bonds. The first kappa shape index (κ1) is 21.7. The van der Waals surface area contributed by atoms with E-state index in [0.717, 1.165) is 18.1 Å². The molecule has 0 fully saturated rings. The zero-order valence-corrected chi connectivity index (χ0v) is 16.3. The first-order valence-electron chi connectivity index (χ1n) is 8.88. The normalized spacial score (nSPS) is 11.3. The highest BCUT2D eigenvalue weighted by Gasteiger charge is 2.21. The highest BCUT2D eigenvalue weighted by atomic mass is 16.6. The van der Waals surface area contributed by atoms with Crippen molar-refractivity contribution in [2.45, 2.75) is 26.4 Å². The molecule has 29 heavy (non-hydrogen) atoms. The standard InChI is InChI=1S/C20H22N2O7/c1-4-14-5-8-16(9-6-14)28-12-19(23)29-13(2)20(24)21-17-11-15(22(25)26)7-10-18(17)27-3/h5-11,13H,4,12H2,1-3H3,(H,21,24)/t13-/m1/s1. The van der Waals surface area contributed by atoms with Crippen molar-refractivity contribution >= 4 is 23.3 Å². The molecule has 0 aliphatic rings. The van der Waals surface area contributed by atoms with E-state index in [9.17, 15) is 19.7 Å². The molecule has 1 atom stereocenters. The fourth-order valence-electron chi connectivity index (χ4n) is 2.39. The Hall–Kier alpha value is -3.62. The number of benzene rings is 2. The van der Waals surface area contributed by atoms with E-state index in [1.807, 2.05) is 19.1 Å². The number of carbonyl (C=O) groups excluding carboxylic acids is 2. The second-order valence-corrected chi connectivity index (χ2v) is 6.05. The molecule has 0 aliphatic heterocycles. The molecule has 9 heteroatoms. The number of esters is 1. The zero-order valence-electron chi connectivity index (χ0n) is 16.3. The molecule has 2 aromatic carbocycles. The number of nitrogens with one attached hydrogen (secondary N) is 1. The molecule has 0 aromatic heterocycles. The lowest BCUT2D eigenvalue weighted by Gasteiger charge is -2.15. The first-order valence-corrected chi connectivity index (χ1v) is 8.88. The number of amides is 1. The van der Waals surface area contributed by atoms with E-state index < -0.39 is 22.9 Å². The van der Waals surface area contributed by atoms with Crippen molar-refractivity contribution in [1.29, 1.82) is 0 Å². The molecular formula is C20H22N2O7. The number of non-ortho nitro benzene ring substituents is 1. The summed E-state index contributed by atoms with van der Waals surface area (Å²) in [7, 11) is 1.37. The summed E-state index contributed by atoms with van der Waals surface area (Å²) in [5.41, 5.74) is 1.02. The van der Waals surface area contributed by atoms with Crippen LogP contribution in [0.15, 0.2) is 42.5 Å². The quantitative estimate of drug-likeness (QED) is 0.389. The van der Waals surface area contributed by atoms with Gasteiger partial charge in [-0.25, -0.2) is 4.79 Å². The SMILES string of the molecule is CCc1ccc(OCC(=O)O[C@H](C)C(=O)Nc2cc([N+](=O)[O-])ccc2OC)cc1. The van der Waals surface area contributed by atoms with Gasteiger partial charge >= 0.3 is 5.97 Å². The van der Waals surface area contributed by atoms with Gasteiger partial charge in [0.05, 0.1) is 17.7 Å². The Kier molecular flexibility index (Phi) is 7.53. The molecule has 0 spiro atoms. The Morgan fingerprint density at radius 1 is 1.17 bits per heavy atom. The summed E-state index contributed by atoms with van der Waals surface area (Å²) in [6.45, 7) is 3.05. The van der Waals surface area contributed by atoms with Crippen LogP contribution in [0.5, 0.6) is 11.5 Å². The van der Waals surface area contributed by atoms with E-state index >= 15 is 0 Å². The third-order valence-electron chi connectivity index (χ3n) is 4.02. The van der Waals surface area contributed by atoms with Gasteiger partial charge in [-0.1, -0.05) is 19.1 Å². The van der Waals surface area contributed by atoms with Crippen molar-refractivity contribution in [3.05, 3.63) is 58.1 Å². The Bertz CT molecular complexity index is 881. The maximum absolute atomic E-state index is 12.3. The largest absolute Gasteiger partial charge is 0.495 e. The van der Waals surface area contributed by atoms with Crippen LogP contribution >= 0.6 is 0 Å². The molecule has 0 aliphatic carbocycles. The lowest BCUT2D eigenvalue weighted by Crippen LogP contribution is -2.31. The van der Waals surface area contributed by atoms with E-state index in [2.05, 4.69) is 5.32 Å². The minimum absolute atomic E-state index is 0.0989. The number of nitro groups is 1. The number of methoxy groups -OCH3 is 1. The predicted octanol–water partition coefficient (Wildman–Crippen LogP) is 3.12. The third-order valence-corrected chi connectivity index (χ3v) is 4.02. The topological polar surface area (TPSA) is 117 Å². The minimum Gasteiger partial charge on any atom is -0.495 e. The van der Waals surface area contributed by atoms with Crippen LogP contribution in [-0.4, -0.2) is 36.6 Å². The summed E-state index contributed by atoms with van der Waals surface area (Å²) >= 11 is 0. The van der Waals surface area contributed by atoms with Gasteiger partial charge in [0.1, 0.15) is 11.5 Å². The van der Waals surface area contributed by atoms with Crippen molar-refractivity contribution in [3.8, 4) is 11.5 Å². The van der Waals surface area contributed by atoms with Gasteiger partial charge in [0.15, 0.2) is 12.7 Å². The average Bonchev–Trinajstić information content (AvgIpc) is 2.72. The third kappa shape index (κ3) is 6.20. The fourth-order valence-corrected chi connectivity index (χ4v) is 2.39. The average molecular weight is 402 g/mol. The Morgan fingerprint density at radius 2 is 1.86 bits per heavy atom. The summed E-state index contributed by atoms with van der Waals surface area (Å²) in [5.74, 6) is -0.637.